The summed E-state index contributed by atoms with van der Waals surface area (Å²) in [5.74, 6) is 0.676. The van der Waals surface area contributed by atoms with Crippen molar-refractivity contribution in [3.8, 4) is 11.4 Å². The summed E-state index contributed by atoms with van der Waals surface area (Å²) >= 11 is 1.68. The Kier molecular flexibility index (Phi) is 4.70. The van der Waals surface area contributed by atoms with Crippen molar-refractivity contribution in [3.63, 3.8) is 0 Å². The third kappa shape index (κ3) is 3.61. The van der Waals surface area contributed by atoms with Gasteiger partial charge in [0, 0.05) is 29.6 Å². The molecule has 0 bridgehead atoms. The summed E-state index contributed by atoms with van der Waals surface area (Å²) in [6.07, 6.45) is 2.77. The van der Waals surface area contributed by atoms with Crippen molar-refractivity contribution in [2.24, 2.45) is 0 Å². The van der Waals surface area contributed by atoms with Gasteiger partial charge in [0.15, 0.2) is 0 Å². The molecule has 0 unspecified atom stereocenters. The first-order valence-corrected chi connectivity index (χ1v) is 9.77. The molecule has 2 aromatic heterocycles. The Hall–Kier alpha value is -2.31. The number of rotatable bonds is 5. The van der Waals surface area contributed by atoms with Gasteiger partial charge in [0.25, 0.3) is 5.56 Å². The second kappa shape index (κ2) is 7.13. The topological polar surface area (TPSA) is 61.9 Å². The van der Waals surface area contributed by atoms with Crippen LogP contribution in [-0.2, 0) is 25.9 Å². The molecule has 3 aromatic rings. The maximum Gasteiger partial charge on any atom is 0.254 e. The van der Waals surface area contributed by atoms with Crippen LogP contribution in [0.5, 0.6) is 0 Å². The van der Waals surface area contributed by atoms with Crippen molar-refractivity contribution in [2.75, 3.05) is 7.05 Å². The van der Waals surface area contributed by atoms with Gasteiger partial charge in [0.05, 0.1) is 16.4 Å². The second-order valence-corrected chi connectivity index (χ2v) is 7.99. The van der Waals surface area contributed by atoms with Gasteiger partial charge in [-0.25, -0.2) is 9.97 Å². The van der Waals surface area contributed by atoms with Crippen molar-refractivity contribution in [2.45, 2.75) is 39.3 Å². The molecule has 0 saturated carbocycles. The predicted octanol–water partition coefficient (Wildman–Crippen LogP) is 3.32. The number of fused-ring (bicyclic) bond motifs is 1. The van der Waals surface area contributed by atoms with Crippen LogP contribution in [0.3, 0.4) is 0 Å². The highest BCUT2D eigenvalue weighted by atomic mass is 32.1. The molecule has 1 N–H and O–H groups in total. The molecule has 1 aliphatic carbocycles. The number of nitrogens with zero attached hydrogens (tertiary/aromatic N) is 3. The van der Waals surface area contributed by atoms with E-state index in [1.165, 1.54) is 5.56 Å². The number of hydrogen-bond donors (Lipinski definition) is 1. The van der Waals surface area contributed by atoms with Gasteiger partial charge in [0.2, 0.25) is 0 Å². The van der Waals surface area contributed by atoms with E-state index in [0.717, 1.165) is 59.9 Å². The summed E-state index contributed by atoms with van der Waals surface area (Å²) in [7, 11) is 2.09. The highest BCUT2D eigenvalue weighted by molar-refractivity contribution is 7.09. The van der Waals surface area contributed by atoms with E-state index in [2.05, 4.69) is 39.4 Å². The molecule has 0 saturated heterocycles. The molecule has 2 heterocycles. The zero-order valence-electron chi connectivity index (χ0n) is 15.1. The SMILES string of the molecule is Cc1nc(CN(C)Cc2cccc(-c3nc4c(c(=O)[nH]3)CCC4)c2)cs1. The number of aryl methyl sites for hydroxylation is 2. The van der Waals surface area contributed by atoms with E-state index in [1.54, 1.807) is 11.3 Å². The molecule has 0 spiro atoms. The molecular formula is C20H22N4OS. The first-order valence-electron chi connectivity index (χ1n) is 8.89. The maximum atomic E-state index is 12.3. The van der Waals surface area contributed by atoms with Crippen LogP contribution in [0.2, 0.25) is 0 Å². The van der Waals surface area contributed by atoms with E-state index in [9.17, 15) is 4.79 Å². The van der Waals surface area contributed by atoms with Crippen molar-refractivity contribution in [1.82, 2.24) is 19.9 Å². The molecule has 0 fully saturated rings. The lowest BCUT2D eigenvalue weighted by Gasteiger charge is -2.16. The Morgan fingerprint density at radius 3 is 2.92 bits per heavy atom. The largest absolute Gasteiger partial charge is 0.306 e. The molecule has 134 valence electrons. The number of aromatic nitrogens is 3. The fraction of sp³-hybridized carbons (Fsp3) is 0.350. The number of nitrogens with one attached hydrogen (secondary N) is 1. The van der Waals surface area contributed by atoms with Crippen LogP contribution in [0.25, 0.3) is 11.4 Å². The van der Waals surface area contributed by atoms with Gasteiger partial charge in [-0.05, 0) is 44.9 Å². The smallest absolute Gasteiger partial charge is 0.254 e. The van der Waals surface area contributed by atoms with Gasteiger partial charge < -0.3 is 4.98 Å². The molecule has 1 aliphatic rings. The van der Waals surface area contributed by atoms with Crippen LogP contribution >= 0.6 is 11.3 Å². The Bertz CT molecular complexity index is 991. The number of H-pyrrole nitrogens is 1. The fourth-order valence-electron chi connectivity index (χ4n) is 3.52. The molecule has 0 radical (unpaired) electrons. The van der Waals surface area contributed by atoms with Gasteiger partial charge in [-0.1, -0.05) is 18.2 Å². The van der Waals surface area contributed by atoms with Gasteiger partial charge in [0.1, 0.15) is 5.82 Å². The average Bonchev–Trinajstić information content (AvgIpc) is 3.24. The lowest BCUT2D eigenvalue weighted by Crippen LogP contribution is -2.18. The molecule has 0 atom stereocenters. The zero-order valence-corrected chi connectivity index (χ0v) is 15.9. The summed E-state index contributed by atoms with van der Waals surface area (Å²) in [5.41, 5.74) is 5.11. The van der Waals surface area contributed by atoms with E-state index in [-0.39, 0.29) is 5.56 Å². The zero-order chi connectivity index (χ0) is 18.1. The molecule has 0 aliphatic heterocycles. The van der Waals surface area contributed by atoms with Crippen molar-refractivity contribution >= 4 is 11.3 Å². The number of benzene rings is 1. The van der Waals surface area contributed by atoms with Crippen molar-refractivity contribution in [3.05, 3.63) is 67.5 Å². The molecule has 6 heteroatoms. The monoisotopic (exact) mass is 366 g/mol. The molecule has 5 nitrogen and oxygen atoms in total. The Labute approximate surface area is 156 Å². The van der Waals surface area contributed by atoms with Crippen LogP contribution in [0.4, 0.5) is 0 Å². The summed E-state index contributed by atoms with van der Waals surface area (Å²) in [5, 5.41) is 3.21. The quantitative estimate of drug-likeness (QED) is 0.752. The lowest BCUT2D eigenvalue weighted by atomic mass is 10.1. The Morgan fingerprint density at radius 2 is 2.12 bits per heavy atom. The normalized spacial score (nSPS) is 13.3. The van der Waals surface area contributed by atoms with Crippen LogP contribution in [0.15, 0.2) is 34.4 Å². The third-order valence-electron chi connectivity index (χ3n) is 4.69. The molecule has 4 rings (SSSR count). The summed E-state index contributed by atoms with van der Waals surface area (Å²) in [6, 6.07) is 8.26. The summed E-state index contributed by atoms with van der Waals surface area (Å²) in [4.78, 5) is 26.7. The predicted molar refractivity (Wildman–Crippen MR) is 104 cm³/mol. The van der Waals surface area contributed by atoms with Gasteiger partial charge in [-0.2, -0.15) is 0 Å². The van der Waals surface area contributed by atoms with Gasteiger partial charge in [-0.15, -0.1) is 11.3 Å². The lowest BCUT2D eigenvalue weighted by molar-refractivity contribution is 0.315. The van der Waals surface area contributed by atoms with Crippen LogP contribution in [0, 0.1) is 6.92 Å². The van der Waals surface area contributed by atoms with Crippen LogP contribution in [0.1, 0.15) is 33.9 Å². The Morgan fingerprint density at radius 1 is 1.23 bits per heavy atom. The number of thiazole rings is 1. The third-order valence-corrected chi connectivity index (χ3v) is 5.52. The highest BCUT2D eigenvalue weighted by Crippen LogP contribution is 2.21. The van der Waals surface area contributed by atoms with Gasteiger partial charge in [-0.3, -0.25) is 9.69 Å². The number of aromatic amines is 1. The van der Waals surface area contributed by atoms with E-state index in [1.807, 2.05) is 19.1 Å². The van der Waals surface area contributed by atoms with Crippen molar-refractivity contribution < 1.29 is 0 Å². The first-order chi connectivity index (χ1) is 12.6. The molecule has 26 heavy (non-hydrogen) atoms. The van der Waals surface area contributed by atoms with Crippen molar-refractivity contribution in [1.29, 1.82) is 0 Å². The molecular weight excluding hydrogens is 344 g/mol. The summed E-state index contributed by atoms with van der Waals surface area (Å²) < 4.78 is 0. The Balaban J connectivity index is 1.53. The number of hydrogen-bond acceptors (Lipinski definition) is 5. The minimum Gasteiger partial charge on any atom is -0.306 e. The minimum absolute atomic E-state index is 0.0175. The molecule has 0 amide bonds. The van der Waals surface area contributed by atoms with Crippen LogP contribution in [-0.4, -0.2) is 26.9 Å². The van der Waals surface area contributed by atoms with E-state index < -0.39 is 0 Å². The van der Waals surface area contributed by atoms with E-state index >= 15 is 0 Å². The van der Waals surface area contributed by atoms with E-state index in [0.29, 0.717) is 5.82 Å². The van der Waals surface area contributed by atoms with E-state index in [4.69, 9.17) is 4.98 Å². The highest BCUT2D eigenvalue weighted by Gasteiger charge is 2.17. The molecule has 1 aromatic carbocycles. The minimum atomic E-state index is 0.0175. The average molecular weight is 366 g/mol. The second-order valence-electron chi connectivity index (χ2n) is 6.92. The maximum absolute atomic E-state index is 12.3. The summed E-state index contributed by atoms with van der Waals surface area (Å²) in [6.45, 7) is 3.67. The van der Waals surface area contributed by atoms with Gasteiger partial charge >= 0.3 is 0 Å². The first kappa shape index (κ1) is 17.1. The van der Waals surface area contributed by atoms with Crippen LogP contribution < -0.4 is 5.56 Å². The standard InChI is InChI=1S/C20H22N4OS/c1-13-21-16(12-26-13)11-24(2)10-14-5-3-6-15(9-14)19-22-18-8-4-7-17(18)20(25)23-19/h3,5-6,9,12H,4,7-8,10-11H2,1-2H3,(H,22,23,25). The fourth-order valence-corrected chi connectivity index (χ4v) is 4.12.